The van der Waals surface area contributed by atoms with Crippen LogP contribution in [0.3, 0.4) is 0 Å². The number of nitrogens with zero attached hydrogens (tertiary/aromatic N) is 5. The van der Waals surface area contributed by atoms with Gasteiger partial charge in [-0.25, -0.2) is 14.3 Å². The number of anilines is 1. The van der Waals surface area contributed by atoms with Crippen LogP contribution in [-0.4, -0.2) is 50.4 Å². The Hall–Kier alpha value is -2.44. The SMILES string of the molecule is CC(=O)c1cnn2c(C)cc(N3CCCN(C(C)C)C3=O)nc12. The van der Waals surface area contributed by atoms with E-state index in [1.165, 1.54) is 13.1 Å². The van der Waals surface area contributed by atoms with Gasteiger partial charge < -0.3 is 4.90 Å². The number of hydrogen-bond donors (Lipinski definition) is 0. The second kappa shape index (κ2) is 5.64. The summed E-state index contributed by atoms with van der Waals surface area (Å²) < 4.78 is 1.63. The molecular weight excluding hydrogens is 294 g/mol. The Bertz CT molecular complexity index is 780. The summed E-state index contributed by atoms with van der Waals surface area (Å²) in [6.07, 6.45) is 2.43. The highest BCUT2D eigenvalue weighted by Gasteiger charge is 2.29. The Morgan fingerprint density at radius 1 is 1.30 bits per heavy atom. The quantitative estimate of drug-likeness (QED) is 0.815. The predicted molar refractivity (Wildman–Crippen MR) is 86.9 cm³/mol. The third-order valence-corrected chi connectivity index (χ3v) is 4.17. The standard InChI is InChI=1S/C16H21N5O2/c1-10(2)19-6-5-7-20(16(19)23)14-8-11(3)21-15(18-14)13(9-17-21)12(4)22/h8-10H,5-7H2,1-4H3. The van der Waals surface area contributed by atoms with Crippen molar-refractivity contribution in [2.45, 2.75) is 40.2 Å². The molecule has 0 atom stereocenters. The van der Waals surface area contributed by atoms with Gasteiger partial charge in [-0.3, -0.25) is 9.69 Å². The third-order valence-electron chi connectivity index (χ3n) is 4.17. The van der Waals surface area contributed by atoms with Gasteiger partial charge in [-0.1, -0.05) is 0 Å². The molecule has 2 amide bonds. The number of ketones is 1. The van der Waals surface area contributed by atoms with Gasteiger partial charge in [0.1, 0.15) is 5.82 Å². The Morgan fingerprint density at radius 2 is 2.04 bits per heavy atom. The van der Waals surface area contributed by atoms with Crippen molar-refractivity contribution >= 4 is 23.3 Å². The van der Waals surface area contributed by atoms with Crippen LogP contribution in [-0.2, 0) is 0 Å². The van der Waals surface area contributed by atoms with Crippen LogP contribution in [0.2, 0.25) is 0 Å². The van der Waals surface area contributed by atoms with Crippen molar-refractivity contribution in [2.75, 3.05) is 18.0 Å². The first-order valence-electron chi connectivity index (χ1n) is 7.84. The zero-order chi connectivity index (χ0) is 16.7. The Morgan fingerprint density at radius 3 is 2.70 bits per heavy atom. The molecule has 2 aromatic rings. The molecule has 2 aromatic heterocycles. The average molecular weight is 315 g/mol. The highest BCUT2D eigenvalue weighted by Crippen LogP contribution is 2.23. The lowest BCUT2D eigenvalue weighted by Gasteiger charge is -2.37. The summed E-state index contributed by atoms with van der Waals surface area (Å²) in [7, 11) is 0. The van der Waals surface area contributed by atoms with E-state index in [4.69, 9.17) is 0 Å². The van der Waals surface area contributed by atoms with E-state index in [1.807, 2.05) is 31.7 Å². The maximum Gasteiger partial charge on any atom is 0.325 e. The second-order valence-corrected chi connectivity index (χ2v) is 6.18. The van der Waals surface area contributed by atoms with Gasteiger partial charge in [0.15, 0.2) is 11.4 Å². The van der Waals surface area contributed by atoms with Crippen LogP contribution >= 0.6 is 0 Å². The molecule has 0 aliphatic carbocycles. The summed E-state index contributed by atoms with van der Waals surface area (Å²) in [5.74, 6) is 0.492. The molecule has 0 N–H and O–H groups in total. The maximum absolute atomic E-state index is 12.7. The first-order chi connectivity index (χ1) is 10.9. The number of urea groups is 1. The van der Waals surface area contributed by atoms with E-state index in [0.29, 0.717) is 23.6 Å². The summed E-state index contributed by atoms with van der Waals surface area (Å²) in [5.41, 5.74) is 1.81. The summed E-state index contributed by atoms with van der Waals surface area (Å²) in [6.45, 7) is 8.80. The largest absolute Gasteiger partial charge is 0.325 e. The number of aromatic nitrogens is 3. The van der Waals surface area contributed by atoms with Crippen LogP contribution in [0.25, 0.3) is 5.65 Å². The van der Waals surface area contributed by atoms with Crippen molar-refractivity contribution in [1.29, 1.82) is 0 Å². The van der Waals surface area contributed by atoms with Crippen LogP contribution in [0.15, 0.2) is 12.3 Å². The molecule has 0 bridgehead atoms. The number of rotatable bonds is 3. The lowest BCUT2D eigenvalue weighted by Crippen LogP contribution is -2.52. The van der Waals surface area contributed by atoms with Gasteiger partial charge >= 0.3 is 6.03 Å². The van der Waals surface area contributed by atoms with Crippen LogP contribution in [0, 0.1) is 6.92 Å². The fraction of sp³-hybridized carbons (Fsp3) is 0.500. The number of carbonyl (C=O) groups is 2. The highest BCUT2D eigenvalue weighted by molar-refractivity contribution is 6.00. The molecule has 122 valence electrons. The molecule has 3 rings (SSSR count). The fourth-order valence-corrected chi connectivity index (χ4v) is 2.92. The molecule has 7 heteroatoms. The number of fused-ring (bicyclic) bond motifs is 1. The zero-order valence-corrected chi connectivity index (χ0v) is 13.9. The minimum atomic E-state index is -0.0853. The molecule has 0 unspecified atom stereocenters. The normalized spacial score (nSPS) is 15.8. The van der Waals surface area contributed by atoms with Crippen molar-refractivity contribution < 1.29 is 9.59 Å². The third kappa shape index (κ3) is 2.56. The molecule has 7 nitrogen and oxygen atoms in total. The molecule has 1 aliphatic heterocycles. The van der Waals surface area contributed by atoms with Gasteiger partial charge in [0.2, 0.25) is 0 Å². The smallest absolute Gasteiger partial charge is 0.322 e. The Labute approximate surface area is 134 Å². The topological polar surface area (TPSA) is 70.8 Å². The summed E-state index contributed by atoms with van der Waals surface area (Å²) in [4.78, 5) is 32.5. The van der Waals surface area contributed by atoms with E-state index >= 15 is 0 Å². The Balaban J connectivity index is 2.07. The lowest BCUT2D eigenvalue weighted by atomic mass is 10.2. The molecule has 0 spiro atoms. The number of aryl methyl sites for hydroxylation is 1. The van der Waals surface area contributed by atoms with Crippen molar-refractivity contribution in [2.24, 2.45) is 0 Å². The molecule has 3 heterocycles. The highest BCUT2D eigenvalue weighted by atomic mass is 16.2. The van der Waals surface area contributed by atoms with Crippen molar-refractivity contribution in [3.63, 3.8) is 0 Å². The predicted octanol–water partition coefficient (Wildman–Crippen LogP) is 2.28. The molecule has 1 saturated heterocycles. The van der Waals surface area contributed by atoms with Gasteiger partial charge in [0.05, 0.1) is 11.8 Å². The fourth-order valence-electron chi connectivity index (χ4n) is 2.92. The first kappa shape index (κ1) is 15.5. The van der Waals surface area contributed by atoms with Crippen LogP contribution in [0.5, 0.6) is 0 Å². The van der Waals surface area contributed by atoms with Gasteiger partial charge in [0.25, 0.3) is 0 Å². The minimum Gasteiger partial charge on any atom is -0.322 e. The maximum atomic E-state index is 12.7. The monoisotopic (exact) mass is 315 g/mol. The van der Waals surface area contributed by atoms with E-state index in [-0.39, 0.29) is 17.9 Å². The van der Waals surface area contributed by atoms with Crippen LogP contribution in [0.1, 0.15) is 43.2 Å². The van der Waals surface area contributed by atoms with Gasteiger partial charge in [0, 0.05) is 30.9 Å². The van der Waals surface area contributed by atoms with E-state index < -0.39 is 0 Å². The van der Waals surface area contributed by atoms with Crippen LogP contribution in [0.4, 0.5) is 10.6 Å². The summed E-state index contributed by atoms with van der Waals surface area (Å²) >= 11 is 0. The van der Waals surface area contributed by atoms with E-state index in [1.54, 1.807) is 9.42 Å². The number of carbonyl (C=O) groups excluding carboxylic acids is 2. The number of hydrogen-bond acceptors (Lipinski definition) is 4. The minimum absolute atomic E-state index is 0.0357. The van der Waals surface area contributed by atoms with E-state index in [2.05, 4.69) is 10.1 Å². The van der Waals surface area contributed by atoms with E-state index in [9.17, 15) is 9.59 Å². The van der Waals surface area contributed by atoms with Gasteiger partial charge in [-0.2, -0.15) is 5.10 Å². The first-order valence-corrected chi connectivity index (χ1v) is 7.84. The summed E-state index contributed by atoms with van der Waals surface area (Å²) in [5, 5.41) is 4.21. The Kier molecular flexibility index (Phi) is 3.79. The van der Waals surface area contributed by atoms with E-state index in [0.717, 1.165) is 18.7 Å². The average Bonchev–Trinajstić information content (AvgIpc) is 2.91. The lowest BCUT2D eigenvalue weighted by molar-refractivity contribution is 0.101. The molecule has 1 aliphatic rings. The molecule has 23 heavy (non-hydrogen) atoms. The van der Waals surface area contributed by atoms with Crippen molar-refractivity contribution in [1.82, 2.24) is 19.5 Å². The second-order valence-electron chi connectivity index (χ2n) is 6.18. The molecule has 0 saturated carbocycles. The molecule has 0 radical (unpaired) electrons. The molecule has 0 aromatic carbocycles. The molecule has 1 fully saturated rings. The summed E-state index contributed by atoms with van der Waals surface area (Å²) in [6, 6.07) is 1.95. The molecular formula is C16H21N5O2. The number of amides is 2. The van der Waals surface area contributed by atoms with Crippen LogP contribution < -0.4 is 4.90 Å². The van der Waals surface area contributed by atoms with Gasteiger partial charge in [-0.15, -0.1) is 0 Å². The van der Waals surface area contributed by atoms with Gasteiger partial charge in [-0.05, 0) is 34.1 Å². The van der Waals surface area contributed by atoms with Crippen molar-refractivity contribution in [3.8, 4) is 0 Å². The van der Waals surface area contributed by atoms with Crippen molar-refractivity contribution in [3.05, 3.63) is 23.5 Å². The number of Topliss-reactive ketones (excluding diaryl/α,β-unsaturated/α-hetero) is 1. The zero-order valence-electron chi connectivity index (χ0n) is 13.9.